The van der Waals surface area contributed by atoms with Gasteiger partial charge in [0, 0.05) is 18.5 Å². The SMILES string of the molecule is CCCC[C@@H](NC(=O)c1cccc(=O)[nH]1)c1cccnc1. The number of aromatic amines is 1. The Hall–Kier alpha value is -2.43. The number of hydrogen-bond acceptors (Lipinski definition) is 3. The number of H-pyrrole nitrogens is 1. The number of unbranched alkanes of at least 4 members (excludes halogenated alkanes) is 1. The maximum atomic E-state index is 12.2. The molecule has 110 valence electrons. The van der Waals surface area contributed by atoms with Crippen molar-refractivity contribution in [3.8, 4) is 0 Å². The number of carbonyl (C=O) groups is 1. The van der Waals surface area contributed by atoms with Crippen molar-refractivity contribution < 1.29 is 4.79 Å². The summed E-state index contributed by atoms with van der Waals surface area (Å²) in [6.45, 7) is 2.11. The quantitative estimate of drug-likeness (QED) is 0.856. The smallest absolute Gasteiger partial charge is 0.268 e. The van der Waals surface area contributed by atoms with Crippen LogP contribution in [-0.2, 0) is 0 Å². The molecule has 0 fully saturated rings. The number of hydrogen-bond donors (Lipinski definition) is 2. The summed E-state index contributed by atoms with van der Waals surface area (Å²) in [5, 5.41) is 2.96. The first-order chi connectivity index (χ1) is 10.2. The van der Waals surface area contributed by atoms with E-state index < -0.39 is 0 Å². The van der Waals surface area contributed by atoms with Crippen molar-refractivity contribution in [2.45, 2.75) is 32.2 Å². The Bertz CT molecular complexity index is 637. The molecular weight excluding hydrogens is 266 g/mol. The third kappa shape index (κ3) is 4.27. The molecular formula is C16H19N3O2. The van der Waals surface area contributed by atoms with Crippen molar-refractivity contribution in [1.29, 1.82) is 0 Å². The predicted molar refractivity (Wildman–Crippen MR) is 81.0 cm³/mol. The summed E-state index contributed by atoms with van der Waals surface area (Å²) >= 11 is 0. The lowest BCUT2D eigenvalue weighted by Gasteiger charge is -2.18. The number of aromatic nitrogens is 2. The largest absolute Gasteiger partial charge is 0.344 e. The minimum absolute atomic E-state index is 0.102. The van der Waals surface area contributed by atoms with Gasteiger partial charge in [0.25, 0.3) is 5.91 Å². The molecule has 21 heavy (non-hydrogen) atoms. The van der Waals surface area contributed by atoms with Crippen molar-refractivity contribution in [3.63, 3.8) is 0 Å². The van der Waals surface area contributed by atoms with Crippen LogP contribution in [0.25, 0.3) is 0 Å². The molecule has 0 saturated heterocycles. The molecule has 0 saturated carbocycles. The van der Waals surface area contributed by atoms with Gasteiger partial charge in [-0.25, -0.2) is 0 Å². The van der Waals surface area contributed by atoms with Crippen molar-refractivity contribution in [3.05, 3.63) is 64.3 Å². The van der Waals surface area contributed by atoms with E-state index in [0.717, 1.165) is 24.8 Å². The lowest BCUT2D eigenvalue weighted by Crippen LogP contribution is -2.30. The number of nitrogens with zero attached hydrogens (tertiary/aromatic N) is 1. The van der Waals surface area contributed by atoms with Gasteiger partial charge in [0.15, 0.2) is 0 Å². The van der Waals surface area contributed by atoms with E-state index in [1.54, 1.807) is 24.5 Å². The molecule has 2 aromatic heterocycles. The molecule has 0 spiro atoms. The topological polar surface area (TPSA) is 74.8 Å². The van der Waals surface area contributed by atoms with Gasteiger partial charge >= 0.3 is 0 Å². The second kappa shape index (κ2) is 7.38. The predicted octanol–water partition coefficient (Wildman–Crippen LogP) is 2.43. The van der Waals surface area contributed by atoms with E-state index in [1.807, 2.05) is 12.1 Å². The Balaban J connectivity index is 2.15. The molecule has 0 unspecified atom stereocenters. The molecule has 2 heterocycles. The first-order valence-electron chi connectivity index (χ1n) is 7.11. The molecule has 0 aliphatic heterocycles. The highest BCUT2D eigenvalue weighted by Crippen LogP contribution is 2.18. The fourth-order valence-corrected chi connectivity index (χ4v) is 2.13. The zero-order chi connectivity index (χ0) is 15.1. The monoisotopic (exact) mass is 285 g/mol. The summed E-state index contributed by atoms with van der Waals surface area (Å²) in [5.74, 6) is -0.280. The van der Waals surface area contributed by atoms with E-state index in [2.05, 4.69) is 22.2 Å². The van der Waals surface area contributed by atoms with Crippen LogP contribution in [0, 0.1) is 0 Å². The number of carbonyl (C=O) groups excluding carboxylic acids is 1. The van der Waals surface area contributed by atoms with Crippen molar-refractivity contribution in [1.82, 2.24) is 15.3 Å². The molecule has 1 atom stereocenters. The Morgan fingerprint density at radius 3 is 2.86 bits per heavy atom. The Kier molecular flexibility index (Phi) is 5.26. The first kappa shape index (κ1) is 15.0. The minimum atomic E-state index is -0.283. The zero-order valence-corrected chi connectivity index (χ0v) is 12.0. The zero-order valence-electron chi connectivity index (χ0n) is 12.0. The summed E-state index contributed by atoms with van der Waals surface area (Å²) in [4.78, 5) is 30.2. The van der Waals surface area contributed by atoms with Crippen LogP contribution in [0.1, 0.15) is 48.3 Å². The van der Waals surface area contributed by atoms with Gasteiger partial charge in [0.1, 0.15) is 5.69 Å². The van der Waals surface area contributed by atoms with E-state index in [0.29, 0.717) is 0 Å². The third-order valence-corrected chi connectivity index (χ3v) is 3.25. The summed E-state index contributed by atoms with van der Waals surface area (Å²) in [5.41, 5.74) is 0.958. The molecule has 5 nitrogen and oxygen atoms in total. The molecule has 0 aromatic carbocycles. The van der Waals surface area contributed by atoms with E-state index in [1.165, 1.54) is 6.07 Å². The molecule has 0 radical (unpaired) electrons. The Labute approximate surface area is 123 Å². The highest BCUT2D eigenvalue weighted by atomic mass is 16.2. The van der Waals surface area contributed by atoms with Crippen molar-refractivity contribution in [2.75, 3.05) is 0 Å². The number of nitrogens with one attached hydrogen (secondary N) is 2. The Morgan fingerprint density at radius 2 is 2.19 bits per heavy atom. The first-order valence-corrected chi connectivity index (χ1v) is 7.11. The highest BCUT2D eigenvalue weighted by Gasteiger charge is 2.16. The molecule has 2 N–H and O–H groups in total. The van der Waals surface area contributed by atoms with Crippen LogP contribution in [0.15, 0.2) is 47.5 Å². The van der Waals surface area contributed by atoms with Crippen LogP contribution in [0.2, 0.25) is 0 Å². The second-order valence-corrected chi connectivity index (χ2v) is 4.88. The van der Waals surface area contributed by atoms with Gasteiger partial charge < -0.3 is 10.3 Å². The van der Waals surface area contributed by atoms with E-state index in [-0.39, 0.29) is 23.2 Å². The fourth-order valence-electron chi connectivity index (χ4n) is 2.13. The van der Waals surface area contributed by atoms with E-state index >= 15 is 0 Å². The van der Waals surface area contributed by atoms with Gasteiger partial charge in [-0.1, -0.05) is 31.9 Å². The lowest BCUT2D eigenvalue weighted by molar-refractivity contribution is 0.0928. The van der Waals surface area contributed by atoms with Gasteiger partial charge in [-0.3, -0.25) is 14.6 Å². The number of amides is 1. The summed E-state index contributed by atoms with van der Waals surface area (Å²) < 4.78 is 0. The molecule has 0 aliphatic carbocycles. The van der Waals surface area contributed by atoms with Crippen molar-refractivity contribution in [2.24, 2.45) is 0 Å². The molecule has 0 aliphatic rings. The normalized spacial score (nSPS) is 11.9. The fraction of sp³-hybridized carbons (Fsp3) is 0.312. The average Bonchev–Trinajstić information content (AvgIpc) is 2.52. The van der Waals surface area contributed by atoms with Crippen LogP contribution >= 0.6 is 0 Å². The maximum Gasteiger partial charge on any atom is 0.268 e. The van der Waals surface area contributed by atoms with Crippen LogP contribution in [0.5, 0.6) is 0 Å². The summed E-state index contributed by atoms with van der Waals surface area (Å²) in [7, 11) is 0. The maximum absolute atomic E-state index is 12.2. The Morgan fingerprint density at radius 1 is 1.33 bits per heavy atom. The van der Waals surface area contributed by atoms with Gasteiger partial charge in [-0.2, -0.15) is 0 Å². The van der Waals surface area contributed by atoms with E-state index in [9.17, 15) is 9.59 Å². The van der Waals surface area contributed by atoms with Gasteiger partial charge in [0.2, 0.25) is 5.56 Å². The van der Waals surface area contributed by atoms with Gasteiger partial charge in [-0.15, -0.1) is 0 Å². The van der Waals surface area contributed by atoms with Crippen LogP contribution in [-0.4, -0.2) is 15.9 Å². The third-order valence-electron chi connectivity index (χ3n) is 3.25. The summed E-state index contributed by atoms with van der Waals surface area (Å²) in [6.07, 6.45) is 6.36. The average molecular weight is 285 g/mol. The molecule has 2 aromatic rings. The standard InChI is InChI=1S/C16H19N3O2/c1-2-3-7-13(12-6-5-10-17-11-12)19-16(21)14-8-4-9-15(20)18-14/h4-6,8-11,13H,2-3,7H2,1H3,(H,18,20)(H,19,21)/t13-/m1/s1. The second-order valence-electron chi connectivity index (χ2n) is 4.88. The van der Waals surface area contributed by atoms with E-state index in [4.69, 9.17) is 0 Å². The minimum Gasteiger partial charge on any atom is -0.344 e. The number of pyridine rings is 2. The van der Waals surface area contributed by atoms with Crippen LogP contribution in [0.3, 0.4) is 0 Å². The van der Waals surface area contributed by atoms with Crippen LogP contribution < -0.4 is 10.9 Å². The molecule has 5 heteroatoms. The highest BCUT2D eigenvalue weighted by molar-refractivity contribution is 5.92. The van der Waals surface area contributed by atoms with Crippen molar-refractivity contribution >= 4 is 5.91 Å². The number of rotatable bonds is 6. The van der Waals surface area contributed by atoms with Gasteiger partial charge in [-0.05, 0) is 24.1 Å². The molecule has 0 bridgehead atoms. The van der Waals surface area contributed by atoms with Crippen LogP contribution in [0.4, 0.5) is 0 Å². The lowest BCUT2D eigenvalue weighted by atomic mass is 10.0. The van der Waals surface area contributed by atoms with Gasteiger partial charge in [0.05, 0.1) is 6.04 Å². The molecule has 1 amide bonds. The summed E-state index contributed by atoms with van der Waals surface area (Å²) in [6, 6.07) is 8.24. The molecule has 2 rings (SSSR count).